The van der Waals surface area contributed by atoms with E-state index in [-0.39, 0.29) is 0 Å². The number of benzene rings is 1. The Morgan fingerprint density at radius 2 is 1.88 bits per heavy atom. The summed E-state index contributed by atoms with van der Waals surface area (Å²) >= 11 is 1.67. The molecule has 2 aromatic rings. The number of aryl methyl sites for hydroxylation is 1. The third-order valence-electron chi connectivity index (χ3n) is 4.01. The smallest absolute Gasteiger partial charge is 0.187 e. The summed E-state index contributed by atoms with van der Waals surface area (Å²) in [5.41, 5.74) is 3.80. The molecule has 1 heterocycles. The second-order valence-corrected chi connectivity index (χ2v) is 7.17. The summed E-state index contributed by atoms with van der Waals surface area (Å²) in [6.45, 7) is 8.88. The van der Waals surface area contributed by atoms with E-state index in [0.29, 0.717) is 12.6 Å². The number of rotatable bonds is 9. The van der Waals surface area contributed by atoms with Crippen LogP contribution in [0.3, 0.4) is 0 Å². The maximum atomic E-state index is 5.37. The topological polar surface area (TPSA) is 38.2 Å². The molecule has 1 aromatic carbocycles. The molecule has 0 amide bonds. The van der Waals surface area contributed by atoms with E-state index < -0.39 is 0 Å². The van der Waals surface area contributed by atoms with E-state index in [2.05, 4.69) is 59.9 Å². The second kappa shape index (κ2) is 9.77. The Bertz CT molecular complexity index is 618. The lowest BCUT2D eigenvalue weighted by Crippen LogP contribution is -2.35. The lowest BCUT2D eigenvalue weighted by Gasteiger charge is -2.29. The molecule has 0 radical (unpaired) electrons. The molecule has 130 valence electrons. The van der Waals surface area contributed by atoms with Crippen molar-refractivity contribution in [3.8, 4) is 0 Å². The van der Waals surface area contributed by atoms with Gasteiger partial charge in [-0.15, -0.1) is 0 Å². The van der Waals surface area contributed by atoms with Gasteiger partial charge in [0.25, 0.3) is 0 Å². The van der Waals surface area contributed by atoms with Crippen molar-refractivity contribution in [2.45, 2.75) is 45.1 Å². The number of methoxy groups -OCH3 is 1. The molecule has 0 aliphatic rings. The predicted octanol–water partition coefficient (Wildman–Crippen LogP) is 3.93. The third kappa shape index (κ3) is 5.58. The van der Waals surface area contributed by atoms with Crippen molar-refractivity contribution in [3.05, 3.63) is 53.3 Å². The van der Waals surface area contributed by atoms with E-state index >= 15 is 0 Å². The van der Waals surface area contributed by atoms with Crippen LogP contribution in [0, 0.1) is 6.92 Å². The number of thioether (sulfide) groups is 1. The first kappa shape index (κ1) is 18.9. The molecule has 2 rings (SSSR count). The van der Waals surface area contributed by atoms with Crippen LogP contribution in [0.2, 0.25) is 0 Å². The predicted molar refractivity (Wildman–Crippen MR) is 100 cm³/mol. The monoisotopic (exact) mass is 345 g/mol. The molecule has 0 bridgehead atoms. The highest BCUT2D eigenvalue weighted by Gasteiger charge is 2.16. The fraction of sp³-hybridized carbons (Fsp3) is 0.474. The van der Waals surface area contributed by atoms with Gasteiger partial charge in [-0.05, 0) is 30.7 Å². The van der Waals surface area contributed by atoms with Crippen molar-refractivity contribution < 1.29 is 4.74 Å². The van der Waals surface area contributed by atoms with E-state index in [1.165, 1.54) is 11.1 Å². The molecule has 0 N–H and O–H groups in total. The number of ether oxygens (including phenoxy) is 1. The molecule has 5 heteroatoms. The molecule has 4 nitrogen and oxygen atoms in total. The third-order valence-corrected chi connectivity index (χ3v) is 4.76. The molecule has 1 unspecified atom stereocenters. The van der Waals surface area contributed by atoms with E-state index in [9.17, 15) is 0 Å². The van der Waals surface area contributed by atoms with Gasteiger partial charge in [0.05, 0.1) is 6.61 Å². The van der Waals surface area contributed by atoms with E-state index in [1.54, 1.807) is 18.9 Å². The van der Waals surface area contributed by atoms with Crippen molar-refractivity contribution in [2.75, 3.05) is 19.5 Å². The molecule has 1 aromatic heterocycles. The lowest BCUT2D eigenvalue weighted by molar-refractivity contribution is 0.0892. The number of aromatic nitrogens is 2. The average Bonchev–Trinajstić information content (AvgIpc) is 2.58. The highest BCUT2D eigenvalue weighted by Crippen LogP contribution is 2.17. The van der Waals surface area contributed by atoms with Gasteiger partial charge in [0, 0.05) is 44.2 Å². The van der Waals surface area contributed by atoms with Gasteiger partial charge in [0.2, 0.25) is 0 Å². The maximum Gasteiger partial charge on any atom is 0.187 e. The first-order valence-electron chi connectivity index (χ1n) is 8.35. The van der Waals surface area contributed by atoms with Crippen molar-refractivity contribution in [1.29, 1.82) is 0 Å². The van der Waals surface area contributed by atoms with Crippen LogP contribution in [0.15, 0.2) is 41.8 Å². The molecule has 0 fully saturated rings. The standard InChI is InChI=1S/C19H27N3OS/c1-5-24-19-20-10-17(11-21-19)12-22(16(3)14-23-4)13-18-9-7-6-8-15(18)2/h6-11,16H,5,12-14H2,1-4H3. The van der Waals surface area contributed by atoms with Crippen LogP contribution in [-0.2, 0) is 17.8 Å². The molecule has 0 aliphatic carbocycles. The summed E-state index contributed by atoms with van der Waals surface area (Å²) in [5, 5.41) is 0.844. The van der Waals surface area contributed by atoms with Crippen molar-refractivity contribution >= 4 is 11.8 Å². The van der Waals surface area contributed by atoms with Gasteiger partial charge in [-0.3, -0.25) is 4.90 Å². The summed E-state index contributed by atoms with van der Waals surface area (Å²) in [6, 6.07) is 8.86. The van der Waals surface area contributed by atoms with Gasteiger partial charge in [0.15, 0.2) is 5.16 Å². The second-order valence-electron chi connectivity index (χ2n) is 5.94. The summed E-state index contributed by atoms with van der Waals surface area (Å²) in [6.07, 6.45) is 3.88. The van der Waals surface area contributed by atoms with Crippen LogP contribution < -0.4 is 0 Å². The van der Waals surface area contributed by atoms with E-state index in [1.807, 2.05) is 12.4 Å². The van der Waals surface area contributed by atoms with Gasteiger partial charge in [0.1, 0.15) is 0 Å². The number of hydrogen-bond donors (Lipinski definition) is 0. The highest BCUT2D eigenvalue weighted by molar-refractivity contribution is 7.99. The normalized spacial score (nSPS) is 12.5. The average molecular weight is 346 g/mol. The largest absolute Gasteiger partial charge is 0.383 e. The Labute approximate surface area is 149 Å². The van der Waals surface area contributed by atoms with Crippen LogP contribution in [0.4, 0.5) is 0 Å². The van der Waals surface area contributed by atoms with E-state index in [0.717, 1.165) is 29.6 Å². The highest BCUT2D eigenvalue weighted by atomic mass is 32.2. The SMILES string of the molecule is CCSc1ncc(CN(Cc2ccccc2C)C(C)COC)cn1. The number of nitrogens with zero attached hydrogens (tertiary/aromatic N) is 3. The van der Waals surface area contributed by atoms with Crippen LogP contribution in [0.1, 0.15) is 30.5 Å². The Balaban J connectivity index is 2.12. The fourth-order valence-electron chi connectivity index (χ4n) is 2.58. The Hall–Kier alpha value is -1.43. The minimum atomic E-state index is 0.319. The summed E-state index contributed by atoms with van der Waals surface area (Å²) in [4.78, 5) is 11.3. The zero-order chi connectivity index (χ0) is 17.4. The molecular formula is C19H27N3OS. The van der Waals surface area contributed by atoms with Gasteiger partial charge in [-0.1, -0.05) is 43.0 Å². The molecular weight excluding hydrogens is 318 g/mol. The zero-order valence-electron chi connectivity index (χ0n) is 15.0. The minimum Gasteiger partial charge on any atom is -0.383 e. The van der Waals surface area contributed by atoms with Crippen LogP contribution in [0.25, 0.3) is 0 Å². The van der Waals surface area contributed by atoms with Gasteiger partial charge in [-0.25, -0.2) is 9.97 Å². The summed E-state index contributed by atoms with van der Waals surface area (Å²) < 4.78 is 5.37. The zero-order valence-corrected chi connectivity index (χ0v) is 15.8. The van der Waals surface area contributed by atoms with E-state index in [4.69, 9.17) is 4.74 Å². The number of hydrogen-bond acceptors (Lipinski definition) is 5. The summed E-state index contributed by atoms with van der Waals surface area (Å²) in [5.74, 6) is 0.990. The van der Waals surface area contributed by atoms with Crippen molar-refractivity contribution in [2.24, 2.45) is 0 Å². The van der Waals surface area contributed by atoms with Gasteiger partial charge >= 0.3 is 0 Å². The Morgan fingerprint density at radius 3 is 2.50 bits per heavy atom. The van der Waals surface area contributed by atoms with Crippen molar-refractivity contribution in [1.82, 2.24) is 14.9 Å². The molecule has 0 aliphatic heterocycles. The van der Waals surface area contributed by atoms with Crippen molar-refractivity contribution in [3.63, 3.8) is 0 Å². The maximum absolute atomic E-state index is 5.37. The molecule has 0 spiro atoms. The minimum absolute atomic E-state index is 0.319. The Morgan fingerprint density at radius 1 is 1.17 bits per heavy atom. The van der Waals surface area contributed by atoms with Crippen LogP contribution in [-0.4, -0.2) is 40.4 Å². The van der Waals surface area contributed by atoms with Gasteiger partial charge in [-0.2, -0.15) is 0 Å². The fourth-order valence-corrected chi connectivity index (χ4v) is 3.10. The first-order valence-corrected chi connectivity index (χ1v) is 9.33. The lowest BCUT2D eigenvalue weighted by atomic mass is 10.1. The molecule has 24 heavy (non-hydrogen) atoms. The molecule has 1 atom stereocenters. The van der Waals surface area contributed by atoms with Crippen LogP contribution in [0.5, 0.6) is 0 Å². The quantitative estimate of drug-likeness (QED) is 0.508. The first-order chi connectivity index (χ1) is 11.6. The molecule has 0 saturated carbocycles. The summed E-state index contributed by atoms with van der Waals surface area (Å²) in [7, 11) is 1.75. The molecule has 0 saturated heterocycles. The van der Waals surface area contributed by atoms with Gasteiger partial charge < -0.3 is 4.74 Å². The van der Waals surface area contributed by atoms with Crippen LogP contribution >= 0.6 is 11.8 Å². The Kier molecular flexibility index (Phi) is 7.69.